The van der Waals surface area contributed by atoms with E-state index in [1.807, 2.05) is 6.20 Å². The predicted octanol–water partition coefficient (Wildman–Crippen LogP) is 2.04. The molecular weight excluding hydrogens is 276 g/mol. The Labute approximate surface area is 125 Å². The third-order valence-corrected chi connectivity index (χ3v) is 4.12. The summed E-state index contributed by atoms with van der Waals surface area (Å²) in [5.41, 5.74) is 0. The van der Waals surface area contributed by atoms with Crippen LogP contribution in [0.4, 0.5) is 0 Å². The molecule has 0 aliphatic carbocycles. The second kappa shape index (κ2) is 11.2. The fourth-order valence-electron chi connectivity index (χ4n) is 1.59. The Bertz CT molecular complexity index is 347. The molecule has 6 heteroatoms. The molecule has 0 aromatic carbocycles. The Kier molecular flexibility index (Phi) is 9.78. The summed E-state index contributed by atoms with van der Waals surface area (Å²) in [4.78, 5) is 5.76. The van der Waals surface area contributed by atoms with Gasteiger partial charge in [0.15, 0.2) is 0 Å². The van der Waals surface area contributed by atoms with Gasteiger partial charge in [-0.2, -0.15) is 0 Å². The number of aromatic nitrogens is 1. The second-order valence-corrected chi connectivity index (χ2v) is 5.56. The smallest absolute Gasteiger partial charge is 0.109 e. The highest BCUT2D eigenvalue weighted by molar-refractivity contribution is 7.11. The van der Waals surface area contributed by atoms with Gasteiger partial charge in [-0.25, -0.2) is 4.98 Å². The van der Waals surface area contributed by atoms with Crippen LogP contribution in [0, 0.1) is 0 Å². The van der Waals surface area contributed by atoms with Crippen molar-refractivity contribution in [2.75, 3.05) is 46.7 Å². The van der Waals surface area contributed by atoms with Crippen LogP contribution in [-0.2, 0) is 20.6 Å². The lowest BCUT2D eigenvalue weighted by Gasteiger charge is -2.11. The number of rotatable bonds is 12. The third kappa shape index (κ3) is 7.31. The topological polar surface area (TPSA) is 52.6 Å². The highest BCUT2D eigenvalue weighted by atomic mass is 32.1. The Balaban J connectivity index is 1.98. The summed E-state index contributed by atoms with van der Waals surface area (Å²) in [5, 5.41) is 4.55. The van der Waals surface area contributed by atoms with Gasteiger partial charge in [0.05, 0.1) is 39.1 Å². The first-order chi connectivity index (χ1) is 9.77. The summed E-state index contributed by atoms with van der Waals surface area (Å²) in [5.74, 6) is 0. The molecule has 5 nitrogen and oxygen atoms in total. The first-order valence-corrected chi connectivity index (χ1v) is 7.92. The van der Waals surface area contributed by atoms with Gasteiger partial charge in [0, 0.05) is 24.7 Å². The molecule has 0 bridgehead atoms. The molecule has 116 valence electrons. The van der Waals surface area contributed by atoms with E-state index >= 15 is 0 Å². The highest BCUT2D eigenvalue weighted by Crippen LogP contribution is 2.19. The molecular formula is C14H26N2O3S. The molecule has 0 saturated carbocycles. The molecule has 1 unspecified atom stereocenters. The molecule has 0 amide bonds. The molecule has 0 spiro atoms. The van der Waals surface area contributed by atoms with Gasteiger partial charge in [0.25, 0.3) is 0 Å². The lowest BCUT2D eigenvalue weighted by atomic mass is 10.3. The summed E-state index contributed by atoms with van der Waals surface area (Å²) >= 11 is 1.77. The van der Waals surface area contributed by atoms with Crippen molar-refractivity contribution in [1.29, 1.82) is 0 Å². The van der Waals surface area contributed by atoms with Crippen LogP contribution < -0.4 is 5.32 Å². The van der Waals surface area contributed by atoms with Crippen LogP contribution in [0.1, 0.15) is 29.8 Å². The number of hydrogen-bond acceptors (Lipinski definition) is 6. The number of thiazole rings is 1. The Morgan fingerprint density at radius 1 is 1.20 bits per heavy atom. The van der Waals surface area contributed by atoms with Crippen LogP contribution in [-0.4, -0.2) is 51.7 Å². The average molecular weight is 302 g/mol. The van der Waals surface area contributed by atoms with Gasteiger partial charge in [-0.05, 0) is 13.3 Å². The van der Waals surface area contributed by atoms with E-state index in [-0.39, 0.29) is 6.04 Å². The predicted molar refractivity (Wildman–Crippen MR) is 81.4 cm³/mol. The Morgan fingerprint density at radius 3 is 2.55 bits per heavy atom. The zero-order chi connectivity index (χ0) is 14.6. The number of methoxy groups -OCH3 is 1. The van der Waals surface area contributed by atoms with Crippen molar-refractivity contribution >= 4 is 11.3 Å². The van der Waals surface area contributed by atoms with Gasteiger partial charge < -0.3 is 19.5 Å². The maximum absolute atomic E-state index is 5.48. The molecule has 0 radical (unpaired) electrons. The SMILES string of the molecule is CCc1cnc(C(C)NCCOCCOCCOC)s1. The molecule has 1 aromatic heterocycles. The summed E-state index contributed by atoms with van der Waals surface area (Å²) in [6.45, 7) is 8.28. The Hall–Kier alpha value is -0.530. The number of ether oxygens (including phenoxy) is 3. The molecule has 1 heterocycles. The van der Waals surface area contributed by atoms with Crippen molar-refractivity contribution < 1.29 is 14.2 Å². The van der Waals surface area contributed by atoms with Crippen LogP contribution >= 0.6 is 11.3 Å². The summed E-state index contributed by atoms with van der Waals surface area (Å²) in [7, 11) is 1.67. The number of nitrogens with one attached hydrogen (secondary N) is 1. The first-order valence-electron chi connectivity index (χ1n) is 7.10. The lowest BCUT2D eigenvalue weighted by molar-refractivity contribution is 0.0253. The number of hydrogen-bond donors (Lipinski definition) is 1. The molecule has 0 saturated heterocycles. The largest absolute Gasteiger partial charge is 0.382 e. The highest BCUT2D eigenvalue weighted by Gasteiger charge is 2.08. The third-order valence-electron chi connectivity index (χ3n) is 2.79. The average Bonchev–Trinajstić information content (AvgIpc) is 2.94. The van der Waals surface area contributed by atoms with Crippen LogP contribution in [0.3, 0.4) is 0 Å². The van der Waals surface area contributed by atoms with E-state index < -0.39 is 0 Å². The van der Waals surface area contributed by atoms with E-state index in [2.05, 4.69) is 24.1 Å². The number of aryl methyl sites for hydroxylation is 1. The van der Waals surface area contributed by atoms with Crippen molar-refractivity contribution in [3.05, 3.63) is 16.1 Å². The zero-order valence-corrected chi connectivity index (χ0v) is 13.5. The van der Waals surface area contributed by atoms with Crippen molar-refractivity contribution in [3.8, 4) is 0 Å². The van der Waals surface area contributed by atoms with Crippen LogP contribution in [0.2, 0.25) is 0 Å². The van der Waals surface area contributed by atoms with Crippen LogP contribution in [0.25, 0.3) is 0 Å². The normalized spacial score (nSPS) is 12.8. The minimum atomic E-state index is 0.279. The fraction of sp³-hybridized carbons (Fsp3) is 0.786. The van der Waals surface area contributed by atoms with Crippen LogP contribution in [0.15, 0.2) is 6.20 Å². The van der Waals surface area contributed by atoms with Gasteiger partial charge in [0.2, 0.25) is 0 Å². The molecule has 1 rings (SSSR count). The van der Waals surface area contributed by atoms with E-state index in [1.54, 1.807) is 18.4 Å². The minimum Gasteiger partial charge on any atom is -0.382 e. The summed E-state index contributed by atoms with van der Waals surface area (Å²) < 4.78 is 15.7. The van der Waals surface area contributed by atoms with E-state index in [0.717, 1.165) is 18.0 Å². The number of nitrogens with zero attached hydrogens (tertiary/aromatic N) is 1. The molecule has 20 heavy (non-hydrogen) atoms. The quantitative estimate of drug-likeness (QED) is 0.599. The van der Waals surface area contributed by atoms with Gasteiger partial charge in [-0.15, -0.1) is 11.3 Å². The zero-order valence-electron chi connectivity index (χ0n) is 12.7. The molecule has 0 aliphatic rings. The molecule has 1 atom stereocenters. The fourth-order valence-corrected chi connectivity index (χ4v) is 2.47. The maximum Gasteiger partial charge on any atom is 0.109 e. The molecule has 1 aromatic rings. The second-order valence-electron chi connectivity index (χ2n) is 4.41. The van der Waals surface area contributed by atoms with Gasteiger partial charge >= 0.3 is 0 Å². The van der Waals surface area contributed by atoms with Gasteiger partial charge in [-0.3, -0.25) is 0 Å². The van der Waals surface area contributed by atoms with E-state index in [9.17, 15) is 0 Å². The monoisotopic (exact) mass is 302 g/mol. The molecule has 0 aliphatic heterocycles. The maximum atomic E-state index is 5.48. The van der Waals surface area contributed by atoms with E-state index in [1.165, 1.54) is 4.88 Å². The molecule has 1 N–H and O–H groups in total. The molecule has 0 fully saturated rings. The first kappa shape index (κ1) is 17.5. The van der Waals surface area contributed by atoms with E-state index in [4.69, 9.17) is 14.2 Å². The summed E-state index contributed by atoms with van der Waals surface area (Å²) in [6, 6.07) is 0.279. The minimum absolute atomic E-state index is 0.279. The van der Waals surface area contributed by atoms with Crippen molar-refractivity contribution in [1.82, 2.24) is 10.3 Å². The van der Waals surface area contributed by atoms with Crippen LogP contribution in [0.5, 0.6) is 0 Å². The lowest BCUT2D eigenvalue weighted by Crippen LogP contribution is -2.23. The van der Waals surface area contributed by atoms with Crippen molar-refractivity contribution in [2.24, 2.45) is 0 Å². The van der Waals surface area contributed by atoms with Gasteiger partial charge in [0.1, 0.15) is 5.01 Å². The van der Waals surface area contributed by atoms with Crippen molar-refractivity contribution in [2.45, 2.75) is 26.3 Å². The van der Waals surface area contributed by atoms with E-state index in [0.29, 0.717) is 33.0 Å². The van der Waals surface area contributed by atoms with Gasteiger partial charge in [-0.1, -0.05) is 6.92 Å². The van der Waals surface area contributed by atoms with Crippen molar-refractivity contribution in [3.63, 3.8) is 0 Å². The standard InChI is InChI=1S/C14H26N2O3S/c1-4-13-11-16-14(20-13)12(2)15-5-6-18-9-10-19-8-7-17-3/h11-12,15H,4-10H2,1-3H3. The summed E-state index contributed by atoms with van der Waals surface area (Å²) in [6.07, 6.45) is 3.02. The Morgan fingerprint density at radius 2 is 1.90 bits per heavy atom.